The van der Waals surface area contributed by atoms with E-state index in [0.29, 0.717) is 18.8 Å². The van der Waals surface area contributed by atoms with Crippen LogP contribution < -0.4 is 15.0 Å². The largest absolute Gasteiger partial charge is 0.489 e. The molecule has 0 spiro atoms. The van der Waals surface area contributed by atoms with Crippen molar-refractivity contribution in [2.24, 2.45) is 5.41 Å². The molecular weight excluding hydrogens is 272 g/mol. The van der Waals surface area contributed by atoms with E-state index in [-0.39, 0.29) is 28.8 Å². The average Bonchev–Trinajstić information content (AvgIpc) is 3.03. The number of aromatic carboxylic acids is 1. The third-order valence-corrected chi connectivity index (χ3v) is 4.13. The molecule has 2 aliphatic rings. The van der Waals surface area contributed by atoms with Crippen molar-refractivity contribution < 1.29 is 19.4 Å². The molecule has 112 valence electrons. The van der Waals surface area contributed by atoms with Crippen LogP contribution in [-0.4, -0.2) is 36.3 Å². The molecule has 2 amide bonds. The number of benzene rings is 1. The van der Waals surface area contributed by atoms with Crippen LogP contribution in [0.1, 0.15) is 30.6 Å². The summed E-state index contributed by atoms with van der Waals surface area (Å²) in [5.74, 6) is -0.793. The van der Waals surface area contributed by atoms with Gasteiger partial charge in [-0.3, -0.25) is 4.90 Å². The van der Waals surface area contributed by atoms with Gasteiger partial charge in [-0.25, -0.2) is 9.59 Å². The summed E-state index contributed by atoms with van der Waals surface area (Å²) in [5, 5.41) is 12.2. The summed E-state index contributed by atoms with van der Waals surface area (Å²) in [6, 6.07) is 4.79. The van der Waals surface area contributed by atoms with Crippen LogP contribution in [0.5, 0.6) is 5.75 Å². The predicted molar refractivity (Wildman–Crippen MR) is 77.0 cm³/mol. The number of fused-ring (bicyclic) bond motifs is 1. The highest BCUT2D eigenvalue weighted by atomic mass is 16.5. The van der Waals surface area contributed by atoms with Crippen LogP contribution in [-0.2, 0) is 0 Å². The number of carbonyl (C=O) groups is 2. The van der Waals surface area contributed by atoms with Crippen molar-refractivity contribution in [1.29, 1.82) is 0 Å². The van der Waals surface area contributed by atoms with E-state index in [2.05, 4.69) is 19.2 Å². The third kappa shape index (κ3) is 2.41. The number of hydrogen-bond donors (Lipinski definition) is 2. The fourth-order valence-electron chi connectivity index (χ4n) is 2.57. The minimum atomic E-state index is -1.06. The van der Waals surface area contributed by atoms with Crippen LogP contribution >= 0.6 is 0 Å². The van der Waals surface area contributed by atoms with Gasteiger partial charge in [-0.2, -0.15) is 0 Å². The molecule has 1 saturated carbocycles. The van der Waals surface area contributed by atoms with E-state index in [1.165, 1.54) is 6.07 Å². The molecule has 21 heavy (non-hydrogen) atoms. The molecule has 1 aromatic rings. The van der Waals surface area contributed by atoms with Crippen molar-refractivity contribution in [1.82, 2.24) is 5.32 Å². The second-order valence-corrected chi connectivity index (χ2v) is 6.15. The molecule has 6 heteroatoms. The first-order chi connectivity index (χ1) is 9.90. The summed E-state index contributed by atoms with van der Waals surface area (Å²) in [6.45, 7) is 4.91. The third-order valence-electron chi connectivity index (χ3n) is 4.13. The molecule has 0 bridgehead atoms. The number of nitrogens with zero attached hydrogens (tertiary/aromatic N) is 1. The molecule has 0 aromatic heterocycles. The lowest BCUT2D eigenvalue weighted by atomic mass is 10.1. The number of carboxylic acids is 1. The van der Waals surface area contributed by atoms with Gasteiger partial charge in [0.25, 0.3) is 0 Å². The van der Waals surface area contributed by atoms with E-state index < -0.39 is 5.97 Å². The zero-order valence-electron chi connectivity index (χ0n) is 12.0. The lowest BCUT2D eigenvalue weighted by molar-refractivity contribution is 0.0692. The quantitative estimate of drug-likeness (QED) is 0.874. The molecule has 2 N–H and O–H groups in total. The first-order valence-corrected chi connectivity index (χ1v) is 6.97. The van der Waals surface area contributed by atoms with Crippen LogP contribution in [0, 0.1) is 5.41 Å². The predicted octanol–water partition coefficient (Wildman–Crippen LogP) is 2.09. The number of nitrogens with one attached hydrogen (secondary N) is 1. The van der Waals surface area contributed by atoms with Gasteiger partial charge >= 0.3 is 12.0 Å². The van der Waals surface area contributed by atoms with Crippen molar-refractivity contribution in [2.75, 3.05) is 18.1 Å². The van der Waals surface area contributed by atoms with Crippen molar-refractivity contribution in [3.8, 4) is 5.75 Å². The molecule has 0 saturated heterocycles. The number of rotatable bonds is 2. The molecule has 1 aromatic carbocycles. The van der Waals surface area contributed by atoms with E-state index >= 15 is 0 Å². The molecular formula is C15H18N2O4. The highest BCUT2D eigenvalue weighted by molar-refractivity contribution is 5.99. The van der Waals surface area contributed by atoms with Crippen molar-refractivity contribution in [2.45, 2.75) is 26.3 Å². The molecule has 1 heterocycles. The molecule has 0 radical (unpaired) electrons. The minimum Gasteiger partial charge on any atom is -0.489 e. The van der Waals surface area contributed by atoms with Crippen molar-refractivity contribution in [3.63, 3.8) is 0 Å². The Hall–Kier alpha value is -2.24. The highest BCUT2D eigenvalue weighted by Crippen LogP contribution is 2.45. The van der Waals surface area contributed by atoms with Gasteiger partial charge in [-0.15, -0.1) is 0 Å². The summed E-state index contributed by atoms with van der Waals surface area (Å²) in [6.07, 6.45) is 0.963. The lowest BCUT2D eigenvalue weighted by Gasteiger charge is -2.30. The Bertz CT molecular complexity index is 612. The lowest BCUT2D eigenvalue weighted by Crippen LogP contribution is -2.46. The number of carbonyl (C=O) groups excluding carboxylic acids is 1. The Kier molecular flexibility index (Phi) is 3.04. The van der Waals surface area contributed by atoms with E-state index in [1.54, 1.807) is 17.0 Å². The van der Waals surface area contributed by atoms with Crippen molar-refractivity contribution in [3.05, 3.63) is 23.8 Å². The second kappa shape index (κ2) is 4.65. The van der Waals surface area contributed by atoms with Gasteiger partial charge in [0.15, 0.2) is 5.75 Å². The minimum absolute atomic E-state index is 0.0803. The molecule has 1 unspecified atom stereocenters. The molecule has 1 aliphatic heterocycles. The van der Waals surface area contributed by atoms with Gasteiger partial charge in [-0.1, -0.05) is 19.9 Å². The smallest absolute Gasteiger partial charge is 0.339 e. The Morgan fingerprint density at radius 3 is 2.76 bits per heavy atom. The van der Waals surface area contributed by atoms with Crippen molar-refractivity contribution >= 4 is 17.7 Å². The number of hydrogen-bond acceptors (Lipinski definition) is 3. The summed E-state index contributed by atoms with van der Waals surface area (Å²) in [4.78, 5) is 25.2. The van der Waals surface area contributed by atoms with Gasteiger partial charge in [0, 0.05) is 6.04 Å². The zero-order chi connectivity index (χ0) is 15.2. The maximum absolute atomic E-state index is 12.4. The standard InChI is InChI=1S/C15H18N2O4/c1-15(2)8-11(15)16-14(20)17-6-7-21-12-9(13(18)19)4-3-5-10(12)17/h3-5,11H,6-8H2,1-2H3,(H,16,20)(H,18,19). The van der Waals surface area contributed by atoms with Gasteiger partial charge < -0.3 is 15.2 Å². The topological polar surface area (TPSA) is 78.9 Å². The SMILES string of the molecule is CC1(C)CC1NC(=O)N1CCOc2c(C(=O)O)cccc21. The molecule has 1 fully saturated rings. The van der Waals surface area contributed by atoms with Crippen LogP contribution in [0.4, 0.5) is 10.5 Å². The van der Waals surface area contributed by atoms with E-state index in [4.69, 9.17) is 4.74 Å². The number of para-hydroxylation sites is 1. The summed E-state index contributed by atoms with van der Waals surface area (Å²) in [7, 11) is 0. The second-order valence-electron chi connectivity index (χ2n) is 6.15. The van der Waals surface area contributed by atoms with Gasteiger partial charge in [0.05, 0.1) is 12.2 Å². The fourth-order valence-corrected chi connectivity index (χ4v) is 2.57. The Morgan fingerprint density at radius 1 is 1.43 bits per heavy atom. The highest BCUT2D eigenvalue weighted by Gasteiger charge is 2.47. The first-order valence-electron chi connectivity index (χ1n) is 6.97. The summed E-state index contributed by atoms with van der Waals surface area (Å²) >= 11 is 0. The fraction of sp³-hybridized carbons (Fsp3) is 0.467. The van der Waals surface area contributed by atoms with E-state index in [0.717, 1.165) is 6.42 Å². The first kappa shape index (κ1) is 13.7. The average molecular weight is 290 g/mol. The van der Waals surface area contributed by atoms with Crippen LogP contribution in [0.3, 0.4) is 0 Å². The van der Waals surface area contributed by atoms with Gasteiger partial charge in [0.1, 0.15) is 12.2 Å². The number of urea groups is 1. The zero-order valence-corrected chi connectivity index (χ0v) is 12.0. The summed E-state index contributed by atoms with van der Waals surface area (Å²) < 4.78 is 5.46. The number of carboxylic acid groups (broad SMARTS) is 1. The van der Waals surface area contributed by atoms with Crippen LogP contribution in [0.2, 0.25) is 0 Å². The molecule has 1 atom stereocenters. The monoisotopic (exact) mass is 290 g/mol. The van der Waals surface area contributed by atoms with Crippen LogP contribution in [0.25, 0.3) is 0 Å². The Labute approximate surface area is 122 Å². The molecule has 6 nitrogen and oxygen atoms in total. The van der Waals surface area contributed by atoms with E-state index in [1.807, 2.05) is 0 Å². The van der Waals surface area contributed by atoms with Gasteiger partial charge in [0.2, 0.25) is 0 Å². The molecule has 3 rings (SSSR count). The van der Waals surface area contributed by atoms with E-state index in [9.17, 15) is 14.7 Å². The van der Waals surface area contributed by atoms with Crippen LogP contribution in [0.15, 0.2) is 18.2 Å². The molecule has 1 aliphatic carbocycles. The maximum atomic E-state index is 12.4. The number of amides is 2. The Morgan fingerprint density at radius 2 is 2.14 bits per heavy atom. The maximum Gasteiger partial charge on any atom is 0.339 e. The normalized spacial score (nSPS) is 22.0. The van der Waals surface area contributed by atoms with Gasteiger partial charge in [-0.05, 0) is 24.0 Å². The Balaban J connectivity index is 1.85. The number of ether oxygens (including phenoxy) is 1. The number of anilines is 1. The summed E-state index contributed by atoms with van der Waals surface area (Å²) in [5.41, 5.74) is 0.738.